The highest BCUT2D eigenvalue weighted by atomic mass is 32.2. The Kier molecular flexibility index (Phi) is 4.73. The van der Waals surface area contributed by atoms with Gasteiger partial charge in [0.1, 0.15) is 5.75 Å². The van der Waals surface area contributed by atoms with Crippen molar-refractivity contribution in [3.63, 3.8) is 0 Å². The molecule has 1 aliphatic heterocycles. The molecule has 0 unspecified atom stereocenters. The lowest BCUT2D eigenvalue weighted by Gasteiger charge is -2.22. The van der Waals surface area contributed by atoms with Crippen molar-refractivity contribution in [2.45, 2.75) is 38.0 Å². The van der Waals surface area contributed by atoms with E-state index in [1.165, 1.54) is 0 Å². The number of carbonyl (C=O) groups is 1. The fraction of sp³-hybridized carbons (Fsp3) is 0.900. The summed E-state index contributed by atoms with van der Waals surface area (Å²) in [6.45, 7) is 5.06. The smallest absolute Gasteiger partial charge is 0.235 e. The van der Waals surface area contributed by atoms with Gasteiger partial charge in [-0.25, -0.2) is 8.42 Å². The number of hydrogen-bond acceptors (Lipinski definition) is 4. The predicted octanol–water partition coefficient (Wildman–Crippen LogP) is -0.322. The quantitative estimate of drug-likeness (QED) is 0.715. The maximum atomic E-state index is 11.9. The Bertz CT molecular complexity index is 332. The van der Waals surface area contributed by atoms with Crippen LogP contribution in [0.1, 0.15) is 26.7 Å². The third kappa shape index (κ3) is 4.09. The monoisotopic (exact) mass is 248 g/mol. The molecule has 0 radical (unpaired) electrons. The summed E-state index contributed by atoms with van der Waals surface area (Å²) in [4.78, 5) is 11.4. The molecule has 0 aromatic heterocycles. The van der Waals surface area contributed by atoms with Crippen LogP contribution in [0.3, 0.4) is 0 Å². The molecule has 0 atom stereocenters. The Labute approximate surface area is 96.9 Å². The highest BCUT2D eigenvalue weighted by Crippen LogP contribution is 2.13. The van der Waals surface area contributed by atoms with Crippen molar-refractivity contribution in [1.82, 2.24) is 10.6 Å². The molecule has 1 heterocycles. The van der Waals surface area contributed by atoms with Crippen molar-refractivity contribution in [3.8, 4) is 0 Å². The van der Waals surface area contributed by atoms with Crippen molar-refractivity contribution in [1.29, 1.82) is 0 Å². The third-order valence-electron chi connectivity index (χ3n) is 2.58. The molecule has 2 N–H and O–H groups in total. The van der Waals surface area contributed by atoms with Gasteiger partial charge in [-0.2, -0.15) is 0 Å². The maximum Gasteiger partial charge on any atom is 0.235 e. The summed E-state index contributed by atoms with van der Waals surface area (Å²) in [5, 5.41) is 5.36. The first-order valence-corrected chi connectivity index (χ1v) is 7.35. The normalized spacial score (nSPS) is 18.7. The van der Waals surface area contributed by atoms with Crippen molar-refractivity contribution in [2.24, 2.45) is 0 Å². The Morgan fingerprint density at radius 2 is 1.94 bits per heavy atom. The molecule has 0 saturated carbocycles. The number of rotatable bonds is 4. The van der Waals surface area contributed by atoms with Gasteiger partial charge in [-0.3, -0.25) is 4.79 Å². The van der Waals surface area contributed by atoms with Crippen LogP contribution in [0.2, 0.25) is 0 Å². The van der Waals surface area contributed by atoms with Gasteiger partial charge in [0, 0.05) is 6.04 Å². The molecule has 1 fully saturated rings. The van der Waals surface area contributed by atoms with Gasteiger partial charge in [0.05, 0.1) is 5.25 Å². The molecule has 1 rings (SSSR count). The number of carbonyl (C=O) groups excluding carboxylic acids is 1. The van der Waals surface area contributed by atoms with Crippen LogP contribution in [-0.2, 0) is 14.6 Å². The number of hydrogen-bond donors (Lipinski definition) is 2. The first-order valence-electron chi connectivity index (χ1n) is 5.63. The lowest BCUT2D eigenvalue weighted by molar-refractivity contribution is -0.119. The lowest BCUT2D eigenvalue weighted by atomic mass is 10.2. The van der Waals surface area contributed by atoms with Gasteiger partial charge >= 0.3 is 0 Å². The van der Waals surface area contributed by atoms with Crippen LogP contribution in [0.25, 0.3) is 0 Å². The average molecular weight is 248 g/mol. The summed E-state index contributed by atoms with van der Waals surface area (Å²) in [6, 6.07) is -0.0178. The molecule has 0 spiro atoms. The fourth-order valence-electron chi connectivity index (χ4n) is 1.82. The Morgan fingerprint density at radius 3 is 2.44 bits per heavy atom. The third-order valence-corrected chi connectivity index (χ3v) is 4.73. The van der Waals surface area contributed by atoms with Crippen LogP contribution < -0.4 is 10.6 Å². The number of amides is 1. The molecule has 1 aliphatic rings. The van der Waals surface area contributed by atoms with E-state index in [2.05, 4.69) is 10.6 Å². The number of sulfone groups is 1. The largest absolute Gasteiger partial charge is 0.353 e. The molecule has 1 saturated heterocycles. The molecule has 16 heavy (non-hydrogen) atoms. The molecule has 0 aromatic carbocycles. The van der Waals surface area contributed by atoms with Crippen molar-refractivity contribution < 1.29 is 13.2 Å². The molecule has 1 amide bonds. The van der Waals surface area contributed by atoms with E-state index >= 15 is 0 Å². The van der Waals surface area contributed by atoms with Gasteiger partial charge in [-0.1, -0.05) is 0 Å². The van der Waals surface area contributed by atoms with Crippen LogP contribution in [0, 0.1) is 0 Å². The molecule has 0 bridgehead atoms. The van der Waals surface area contributed by atoms with Gasteiger partial charge in [-0.15, -0.1) is 0 Å². The van der Waals surface area contributed by atoms with Gasteiger partial charge in [0.2, 0.25) is 5.91 Å². The minimum atomic E-state index is -3.28. The summed E-state index contributed by atoms with van der Waals surface area (Å²) in [5.41, 5.74) is 0. The van der Waals surface area contributed by atoms with Gasteiger partial charge < -0.3 is 10.6 Å². The van der Waals surface area contributed by atoms with Gasteiger partial charge in [-0.05, 0) is 39.8 Å². The summed E-state index contributed by atoms with van der Waals surface area (Å²) >= 11 is 0. The van der Waals surface area contributed by atoms with E-state index in [1.54, 1.807) is 0 Å². The van der Waals surface area contributed by atoms with E-state index in [0.29, 0.717) is 12.8 Å². The summed E-state index contributed by atoms with van der Waals surface area (Å²) in [5.74, 6) is -0.774. The van der Waals surface area contributed by atoms with E-state index in [4.69, 9.17) is 0 Å². The maximum absolute atomic E-state index is 11.9. The SMILES string of the molecule is CC(C)NC(=O)CS(=O)(=O)C1CCNCC1. The Morgan fingerprint density at radius 1 is 1.38 bits per heavy atom. The van der Waals surface area contributed by atoms with Crippen molar-refractivity contribution >= 4 is 15.7 Å². The molecule has 94 valence electrons. The summed E-state index contributed by atoms with van der Waals surface area (Å²) in [7, 11) is -3.28. The zero-order valence-corrected chi connectivity index (χ0v) is 10.6. The molecule has 0 aliphatic carbocycles. The van der Waals surface area contributed by atoms with Crippen molar-refractivity contribution in [3.05, 3.63) is 0 Å². The van der Waals surface area contributed by atoms with Crippen LogP contribution >= 0.6 is 0 Å². The van der Waals surface area contributed by atoms with Crippen molar-refractivity contribution in [2.75, 3.05) is 18.8 Å². The molecular formula is C10H20N2O3S. The second-order valence-corrected chi connectivity index (χ2v) is 6.76. The minimum Gasteiger partial charge on any atom is -0.353 e. The lowest BCUT2D eigenvalue weighted by Crippen LogP contribution is -2.41. The van der Waals surface area contributed by atoms with E-state index in [-0.39, 0.29) is 17.0 Å². The average Bonchev–Trinajstić information content (AvgIpc) is 2.16. The Balaban J connectivity index is 2.53. The minimum absolute atomic E-state index is 0.0178. The van der Waals surface area contributed by atoms with E-state index in [9.17, 15) is 13.2 Å². The van der Waals surface area contributed by atoms with E-state index in [0.717, 1.165) is 13.1 Å². The first kappa shape index (κ1) is 13.4. The zero-order chi connectivity index (χ0) is 12.2. The highest BCUT2D eigenvalue weighted by Gasteiger charge is 2.29. The topological polar surface area (TPSA) is 75.3 Å². The van der Waals surface area contributed by atoms with Crippen LogP contribution in [0.4, 0.5) is 0 Å². The van der Waals surface area contributed by atoms with Gasteiger partial charge in [0.15, 0.2) is 9.84 Å². The van der Waals surface area contributed by atoms with Crippen LogP contribution in [0.15, 0.2) is 0 Å². The molecule has 0 aromatic rings. The van der Waals surface area contributed by atoms with E-state index in [1.807, 2.05) is 13.8 Å². The summed E-state index contributed by atoms with van der Waals surface area (Å²) in [6.07, 6.45) is 1.22. The number of piperidine rings is 1. The summed E-state index contributed by atoms with van der Waals surface area (Å²) < 4.78 is 23.8. The predicted molar refractivity (Wildman–Crippen MR) is 63.0 cm³/mol. The fourth-order valence-corrected chi connectivity index (χ4v) is 3.46. The molecular weight excluding hydrogens is 228 g/mol. The molecule has 5 nitrogen and oxygen atoms in total. The second-order valence-electron chi connectivity index (χ2n) is 4.48. The number of nitrogens with one attached hydrogen (secondary N) is 2. The standard InChI is InChI=1S/C10H20N2O3S/c1-8(2)12-10(13)7-16(14,15)9-3-5-11-6-4-9/h8-9,11H,3-7H2,1-2H3,(H,12,13). The highest BCUT2D eigenvalue weighted by molar-refractivity contribution is 7.92. The second kappa shape index (κ2) is 5.63. The zero-order valence-electron chi connectivity index (χ0n) is 9.82. The first-order chi connectivity index (χ1) is 7.42. The molecule has 6 heteroatoms. The van der Waals surface area contributed by atoms with Crippen LogP contribution in [0.5, 0.6) is 0 Å². The van der Waals surface area contributed by atoms with Gasteiger partial charge in [0.25, 0.3) is 0 Å². The Hall–Kier alpha value is -0.620. The van der Waals surface area contributed by atoms with E-state index < -0.39 is 15.7 Å². The van der Waals surface area contributed by atoms with Crippen LogP contribution in [-0.4, -0.2) is 44.5 Å².